The van der Waals surface area contributed by atoms with Crippen molar-refractivity contribution >= 4 is 27.1 Å². The summed E-state index contributed by atoms with van der Waals surface area (Å²) in [6, 6.07) is 4.18. The first-order valence-corrected chi connectivity index (χ1v) is 5.96. The normalized spacial score (nSPS) is 11.0. The standard InChI is InChI=1S/C11H15BrN4/c1-15(2)8-4-6-16-9(7-8)11(12)14-10(16)3-5-13/h4,6-7H,3,5,13H2,1-2H3. The summed E-state index contributed by atoms with van der Waals surface area (Å²) in [5.41, 5.74) is 7.80. The van der Waals surface area contributed by atoms with Crippen LogP contribution in [0.4, 0.5) is 5.69 Å². The van der Waals surface area contributed by atoms with Gasteiger partial charge in [0.25, 0.3) is 0 Å². The van der Waals surface area contributed by atoms with Gasteiger partial charge in [-0.15, -0.1) is 0 Å². The fourth-order valence-corrected chi connectivity index (χ4v) is 2.19. The third kappa shape index (κ3) is 1.92. The lowest BCUT2D eigenvalue weighted by Gasteiger charge is -2.12. The highest BCUT2D eigenvalue weighted by atomic mass is 79.9. The van der Waals surface area contributed by atoms with Gasteiger partial charge in [0.05, 0.1) is 5.52 Å². The Labute approximate surface area is 103 Å². The van der Waals surface area contributed by atoms with Gasteiger partial charge in [0.15, 0.2) is 0 Å². The van der Waals surface area contributed by atoms with Crippen molar-refractivity contribution in [3.8, 4) is 0 Å². The number of pyridine rings is 1. The van der Waals surface area contributed by atoms with Crippen molar-refractivity contribution in [1.82, 2.24) is 9.38 Å². The average molecular weight is 283 g/mol. The zero-order valence-electron chi connectivity index (χ0n) is 9.44. The Morgan fingerprint density at radius 1 is 1.50 bits per heavy atom. The summed E-state index contributed by atoms with van der Waals surface area (Å²) in [6.45, 7) is 0.612. The maximum atomic E-state index is 5.56. The first-order chi connectivity index (χ1) is 7.63. The molecular weight excluding hydrogens is 268 g/mol. The summed E-state index contributed by atoms with van der Waals surface area (Å²) < 4.78 is 2.95. The van der Waals surface area contributed by atoms with E-state index in [1.807, 2.05) is 20.3 Å². The molecule has 2 N–H and O–H groups in total. The van der Waals surface area contributed by atoms with Crippen LogP contribution in [-0.2, 0) is 6.42 Å². The highest BCUT2D eigenvalue weighted by Crippen LogP contribution is 2.23. The molecule has 0 aliphatic rings. The fraction of sp³-hybridized carbons (Fsp3) is 0.364. The second-order valence-corrected chi connectivity index (χ2v) is 4.64. The van der Waals surface area contributed by atoms with Crippen LogP contribution >= 0.6 is 15.9 Å². The van der Waals surface area contributed by atoms with Gasteiger partial charge in [-0.25, -0.2) is 4.98 Å². The molecular formula is C11H15BrN4. The molecule has 0 saturated carbocycles. The average Bonchev–Trinajstić information content (AvgIpc) is 2.56. The lowest BCUT2D eigenvalue weighted by Crippen LogP contribution is -2.09. The monoisotopic (exact) mass is 282 g/mol. The molecule has 0 amide bonds. The van der Waals surface area contributed by atoms with E-state index in [1.165, 1.54) is 0 Å². The van der Waals surface area contributed by atoms with Crippen LogP contribution in [0.1, 0.15) is 5.82 Å². The molecule has 0 aliphatic carbocycles. The molecule has 0 bridgehead atoms. The predicted octanol–water partition coefficient (Wildman–Crippen LogP) is 1.66. The number of anilines is 1. The lowest BCUT2D eigenvalue weighted by atomic mass is 10.3. The van der Waals surface area contributed by atoms with Crippen molar-refractivity contribution in [1.29, 1.82) is 0 Å². The number of halogens is 1. The largest absolute Gasteiger partial charge is 0.378 e. The van der Waals surface area contributed by atoms with E-state index < -0.39 is 0 Å². The maximum absolute atomic E-state index is 5.56. The summed E-state index contributed by atoms with van der Waals surface area (Å²) in [4.78, 5) is 6.53. The third-order valence-corrected chi connectivity index (χ3v) is 3.12. The smallest absolute Gasteiger partial charge is 0.132 e. The van der Waals surface area contributed by atoms with Crippen molar-refractivity contribution in [3.63, 3.8) is 0 Å². The van der Waals surface area contributed by atoms with Crippen LogP contribution in [-0.4, -0.2) is 30.0 Å². The minimum absolute atomic E-state index is 0.612. The van der Waals surface area contributed by atoms with Crippen molar-refractivity contribution in [2.75, 3.05) is 25.5 Å². The molecule has 0 aromatic carbocycles. The number of nitrogens with two attached hydrogens (primary N) is 1. The van der Waals surface area contributed by atoms with Gasteiger partial charge in [0.2, 0.25) is 0 Å². The Bertz CT molecular complexity index is 504. The van der Waals surface area contributed by atoms with Crippen molar-refractivity contribution in [2.45, 2.75) is 6.42 Å². The minimum atomic E-state index is 0.612. The first-order valence-electron chi connectivity index (χ1n) is 5.17. The molecule has 0 atom stereocenters. The van der Waals surface area contributed by atoms with Crippen LogP contribution in [0.2, 0.25) is 0 Å². The van der Waals surface area contributed by atoms with Crippen LogP contribution in [0.3, 0.4) is 0 Å². The van der Waals surface area contributed by atoms with Crippen LogP contribution in [0.25, 0.3) is 5.52 Å². The lowest BCUT2D eigenvalue weighted by molar-refractivity contribution is 0.861. The SMILES string of the molecule is CN(C)c1ccn2c(CCN)nc(Br)c2c1. The maximum Gasteiger partial charge on any atom is 0.132 e. The molecule has 2 heterocycles. The Morgan fingerprint density at radius 3 is 2.88 bits per heavy atom. The summed E-state index contributed by atoms with van der Waals surface area (Å²) in [5.74, 6) is 0.995. The number of nitrogens with zero attached hydrogens (tertiary/aromatic N) is 3. The van der Waals surface area contributed by atoms with Crippen molar-refractivity contribution < 1.29 is 0 Å². The van der Waals surface area contributed by atoms with E-state index in [0.717, 1.165) is 28.1 Å². The zero-order chi connectivity index (χ0) is 11.7. The number of imidazole rings is 1. The van der Waals surface area contributed by atoms with Crippen LogP contribution < -0.4 is 10.6 Å². The summed E-state index contributed by atoms with van der Waals surface area (Å²) in [7, 11) is 4.05. The van der Waals surface area contributed by atoms with Crippen molar-refractivity contribution in [2.24, 2.45) is 5.73 Å². The molecule has 2 rings (SSSR count). The molecule has 0 unspecified atom stereocenters. The Balaban J connectivity index is 2.57. The number of aromatic nitrogens is 2. The number of hydrogen-bond acceptors (Lipinski definition) is 3. The fourth-order valence-electron chi connectivity index (χ4n) is 1.68. The topological polar surface area (TPSA) is 46.6 Å². The number of rotatable bonds is 3. The highest BCUT2D eigenvalue weighted by molar-refractivity contribution is 9.10. The van der Waals surface area contributed by atoms with Gasteiger partial charge >= 0.3 is 0 Å². The second-order valence-electron chi connectivity index (χ2n) is 3.89. The molecule has 4 nitrogen and oxygen atoms in total. The molecule has 2 aromatic rings. The molecule has 0 fully saturated rings. The molecule has 0 radical (unpaired) electrons. The number of fused-ring (bicyclic) bond motifs is 1. The summed E-state index contributed by atoms with van der Waals surface area (Å²) in [6.07, 6.45) is 2.82. The Kier molecular flexibility index (Phi) is 3.16. The van der Waals surface area contributed by atoms with E-state index >= 15 is 0 Å². The summed E-state index contributed by atoms with van der Waals surface area (Å²) in [5, 5.41) is 0. The van der Waals surface area contributed by atoms with E-state index in [2.05, 4.69) is 42.3 Å². The molecule has 0 aliphatic heterocycles. The van der Waals surface area contributed by atoms with Gasteiger partial charge in [-0.3, -0.25) is 0 Å². The van der Waals surface area contributed by atoms with Crippen LogP contribution in [0.5, 0.6) is 0 Å². The van der Waals surface area contributed by atoms with Crippen molar-refractivity contribution in [3.05, 3.63) is 28.8 Å². The Hall–Kier alpha value is -1.07. The van der Waals surface area contributed by atoms with Gasteiger partial charge in [-0.2, -0.15) is 0 Å². The predicted molar refractivity (Wildman–Crippen MR) is 70.0 cm³/mol. The highest BCUT2D eigenvalue weighted by Gasteiger charge is 2.09. The van der Waals surface area contributed by atoms with Crippen LogP contribution in [0, 0.1) is 0 Å². The van der Waals surface area contributed by atoms with E-state index in [-0.39, 0.29) is 0 Å². The zero-order valence-corrected chi connectivity index (χ0v) is 11.0. The van der Waals surface area contributed by atoms with E-state index in [9.17, 15) is 0 Å². The number of hydrogen-bond donors (Lipinski definition) is 1. The van der Waals surface area contributed by atoms with E-state index in [0.29, 0.717) is 6.54 Å². The van der Waals surface area contributed by atoms with E-state index in [4.69, 9.17) is 5.73 Å². The molecule has 0 spiro atoms. The quantitative estimate of drug-likeness (QED) is 0.932. The Morgan fingerprint density at radius 2 is 2.25 bits per heavy atom. The third-order valence-electron chi connectivity index (χ3n) is 2.54. The molecule has 16 heavy (non-hydrogen) atoms. The van der Waals surface area contributed by atoms with Gasteiger partial charge in [-0.1, -0.05) is 0 Å². The molecule has 86 valence electrons. The van der Waals surface area contributed by atoms with Gasteiger partial charge in [-0.05, 0) is 34.6 Å². The molecule has 0 saturated heterocycles. The van der Waals surface area contributed by atoms with E-state index in [1.54, 1.807) is 0 Å². The minimum Gasteiger partial charge on any atom is -0.378 e. The molecule has 5 heteroatoms. The van der Waals surface area contributed by atoms with Gasteiger partial charge in [0.1, 0.15) is 10.4 Å². The summed E-state index contributed by atoms with van der Waals surface area (Å²) >= 11 is 3.48. The first kappa shape index (κ1) is 11.4. The second kappa shape index (κ2) is 4.43. The van der Waals surface area contributed by atoms with Gasteiger partial charge in [0, 0.05) is 32.4 Å². The van der Waals surface area contributed by atoms with Crippen LogP contribution in [0.15, 0.2) is 22.9 Å². The molecule has 2 aromatic heterocycles. The van der Waals surface area contributed by atoms with Gasteiger partial charge < -0.3 is 15.0 Å².